The summed E-state index contributed by atoms with van der Waals surface area (Å²) in [6.07, 6.45) is 1.40. The Kier molecular flexibility index (Phi) is 4.33. The molecule has 5 nitrogen and oxygen atoms in total. The number of hydrogen-bond acceptors (Lipinski definition) is 2. The molecule has 0 saturated heterocycles. The Morgan fingerprint density at radius 3 is 2.81 bits per heavy atom. The highest BCUT2D eigenvalue weighted by molar-refractivity contribution is 5.73. The Hall–Kier alpha value is -1.49. The van der Waals surface area contributed by atoms with Gasteiger partial charge in [0.2, 0.25) is 0 Å². The van der Waals surface area contributed by atoms with E-state index in [1.165, 1.54) is 10.6 Å². The number of urea groups is 1. The molecule has 0 bridgehead atoms. The SMILES string of the molecule is Cc1cc2c(n1CCNC(=O)N(C)C)CC(C)(C)CC2O. The average Bonchev–Trinajstić information content (AvgIpc) is 2.65. The number of nitrogens with zero attached hydrogens (tertiary/aromatic N) is 2. The summed E-state index contributed by atoms with van der Waals surface area (Å²) in [6.45, 7) is 7.78. The molecule has 0 aromatic carbocycles. The third-order valence-corrected chi connectivity index (χ3v) is 4.22. The first-order valence-corrected chi connectivity index (χ1v) is 7.53. The van der Waals surface area contributed by atoms with E-state index < -0.39 is 0 Å². The maximum absolute atomic E-state index is 11.6. The van der Waals surface area contributed by atoms with E-state index in [0.29, 0.717) is 6.54 Å². The minimum atomic E-state index is -0.375. The van der Waals surface area contributed by atoms with Crippen molar-refractivity contribution in [2.24, 2.45) is 5.41 Å². The Bertz CT molecular complexity index is 532. The monoisotopic (exact) mass is 293 g/mol. The standard InChI is InChI=1S/C16H27N3O2/c1-11-8-12-13(9-16(2,3)10-14(12)20)19(11)7-6-17-15(21)18(4)5/h8,14,20H,6-7,9-10H2,1-5H3,(H,17,21). The van der Waals surface area contributed by atoms with Crippen LogP contribution in [0.3, 0.4) is 0 Å². The topological polar surface area (TPSA) is 57.5 Å². The molecule has 1 aromatic heterocycles. The zero-order chi connectivity index (χ0) is 15.8. The van der Waals surface area contributed by atoms with Crippen molar-refractivity contribution in [3.63, 3.8) is 0 Å². The van der Waals surface area contributed by atoms with Crippen LogP contribution in [0.25, 0.3) is 0 Å². The fourth-order valence-corrected chi connectivity index (χ4v) is 3.14. The summed E-state index contributed by atoms with van der Waals surface area (Å²) >= 11 is 0. The molecule has 2 rings (SSSR count). The largest absolute Gasteiger partial charge is 0.388 e. The average molecular weight is 293 g/mol. The summed E-state index contributed by atoms with van der Waals surface area (Å²) in [6, 6.07) is 2.01. The molecule has 1 atom stereocenters. The normalized spacial score (nSPS) is 20.0. The molecule has 0 fully saturated rings. The van der Waals surface area contributed by atoms with E-state index in [0.717, 1.165) is 30.6 Å². The van der Waals surface area contributed by atoms with Crippen molar-refractivity contribution in [1.82, 2.24) is 14.8 Å². The molecule has 118 valence electrons. The third kappa shape index (κ3) is 3.40. The van der Waals surface area contributed by atoms with Gasteiger partial charge < -0.3 is 19.9 Å². The highest BCUT2D eigenvalue weighted by atomic mass is 16.3. The van der Waals surface area contributed by atoms with Gasteiger partial charge in [-0.2, -0.15) is 0 Å². The fourth-order valence-electron chi connectivity index (χ4n) is 3.14. The number of hydrogen-bond donors (Lipinski definition) is 2. The first kappa shape index (κ1) is 15.9. The molecule has 0 spiro atoms. The van der Waals surface area contributed by atoms with Crippen molar-refractivity contribution in [3.8, 4) is 0 Å². The number of fused-ring (bicyclic) bond motifs is 1. The Labute approximate surface area is 126 Å². The van der Waals surface area contributed by atoms with Gasteiger partial charge in [-0.3, -0.25) is 0 Å². The highest BCUT2D eigenvalue weighted by Crippen LogP contribution is 2.41. The van der Waals surface area contributed by atoms with Gasteiger partial charge in [0.25, 0.3) is 0 Å². The van der Waals surface area contributed by atoms with E-state index in [9.17, 15) is 9.90 Å². The third-order valence-electron chi connectivity index (χ3n) is 4.22. The van der Waals surface area contributed by atoms with Crippen molar-refractivity contribution >= 4 is 6.03 Å². The summed E-state index contributed by atoms with van der Waals surface area (Å²) < 4.78 is 2.23. The number of aliphatic hydroxyl groups is 1. The highest BCUT2D eigenvalue weighted by Gasteiger charge is 2.33. The lowest BCUT2D eigenvalue weighted by Gasteiger charge is -2.34. The smallest absolute Gasteiger partial charge is 0.316 e. The van der Waals surface area contributed by atoms with Gasteiger partial charge in [0, 0.05) is 44.1 Å². The van der Waals surface area contributed by atoms with Crippen LogP contribution in [-0.2, 0) is 13.0 Å². The van der Waals surface area contributed by atoms with Gasteiger partial charge in [0.1, 0.15) is 0 Å². The maximum Gasteiger partial charge on any atom is 0.316 e. The number of carbonyl (C=O) groups is 1. The zero-order valence-electron chi connectivity index (χ0n) is 13.7. The van der Waals surface area contributed by atoms with Gasteiger partial charge in [-0.15, -0.1) is 0 Å². The molecule has 1 aromatic rings. The van der Waals surface area contributed by atoms with Crippen LogP contribution in [0.1, 0.15) is 43.3 Å². The lowest BCUT2D eigenvalue weighted by atomic mass is 9.75. The van der Waals surface area contributed by atoms with E-state index >= 15 is 0 Å². The first-order chi connectivity index (χ1) is 9.71. The van der Waals surface area contributed by atoms with Gasteiger partial charge in [-0.25, -0.2) is 4.79 Å². The molecular weight excluding hydrogens is 266 g/mol. The molecular formula is C16H27N3O2. The Morgan fingerprint density at radius 2 is 2.19 bits per heavy atom. The molecule has 2 amide bonds. The van der Waals surface area contributed by atoms with Crippen LogP contribution >= 0.6 is 0 Å². The van der Waals surface area contributed by atoms with Crippen LogP contribution < -0.4 is 5.32 Å². The minimum absolute atomic E-state index is 0.0750. The Morgan fingerprint density at radius 1 is 1.52 bits per heavy atom. The van der Waals surface area contributed by atoms with E-state index in [1.54, 1.807) is 14.1 Å². The van der Waals surface area contributed by atoms with Gasteiger partial charge >= 0.3 is 6.03 Å². The van der Waals surface area contributed by atoms with Gasteiger partial charge in [-0.1, -0.05) is 13.8 Å². The van der Waals surface area contributed by atoms with Crippen LogP contribution in [0.2, 0.25) is 0 Å². The van der Waals surface area contributed by atoms with E-state index in [2.05, 4.69) is 36.7 Å². The molecule has 1 aliphatic rings. The quantitative estimate of drug-likeness (QED) is 0.896. The molecule has 1 aliphatic carbocycles. The number of aliphatic hydroxyl groups excluding tert-OH is 1. The van der Waals surface area contributed by atoms with Gasteiger partial charge in [0.05, 0.1) is 6.10 Å². The molecule has 0 saturated carbocycles. The summed E-state index contributed by atoms with van der Waals surface area (Å²) in [5.41, 5.74) is 3.54. The lowest BCUT2D eigenvalue weighted by Crippen LogP contribution is -2.36. The van der Waals surface area contributed by atoms with Crippen LogP contribution in [0.5, 0.6) is 0 Å². The van der Waals surface area contributed by atoms with Gasteiger partial charge in [0.15, 0.2) is 0 Å². The van der Waals surface area contributed by atoms with E-state index in [4.69, 9.17) is 0 Å². The molecule has 1 unspecified atom stereocenters. The summed E-state index contributed by atoms with van der Waals surface area (Å²) in [5, 5.41) is 13.2. The van der Waals surface area contributed by atoms with Crippen LogP contribution in [0.4, 0.5) is 4.79 Å². The lowest BCUT2D eigenvalue weighted by molar-refractivity contribution is 0.0979. The number of rotatable bonds is 3. The predicted octanol–water partition coefficient (Wildman–Crippen LogP) is 2.07. The van der Waals surface area contributed by atoms with Crippen molar-refractivity contribution in [2.45, 2.75) is 46.3 Å². The number of aryl methyl sites for hydroxylation is 1. The van der Waals surface area contributed by atoms with Crippen LogP contribution in [0, 0.1) is 12.3 Å². The summed E-state index contributed by atoms with van der Waals surface area (Å²) in [7, 11) is 3.47. The van der Waals surface area contributed by atoms with E-state index in [-0.39, 0.29) is 17.6 Å². The van der Waals surface area contributed by atoms with Crippen molar-refractivity contribution in [3.05, 3.63) is 23.0 Å². The Balaban J connectivity index is 2.13. The molecule has 21 heavy (non-hydrogen) atoms. The van der Waals surface area contributed by atoms with Crippen LogP contribution in [-0.4, -0.2) is 41.2 Å². The van der Waals surface area contributed by atoms with Crippen molar-refractivity contribution in [1.29, 1.82) is 0 Å². The number of carbonyl (C=O) groups excluding carboxylic acids is 1. The van der Waals surface area contributed by atoms with E-state index in [1.807, 2.05) is 0 Å². The number of nitrogens with one attached hydrogen (secondary N) is 1. The van der Waals surface area contributed by atoms with Crippen LogP contribution in [0.15, 0.2) is 6.07 Å². The summed E-state index contributed by atoms with van der Waals surface area (Å²) in [4.78, 5) is 13.1. The predicted molar refractivity (Wildman–Crippen MR) is 83.3 cm³/mol. The van der Waals surface area contributed by atoms with Gasteiger partial charge in [-0.05, 0) is 31.2 Å². The number of amides is 2. The van der Waals surface area contributed by atoms with Crippen molar-refractivity contribution < 1.29 is 9.90 Å². The maximum atomic E-state index is 11.6. The zero-order valence-corrected chi connectivity index (χ0v) is 13.7. The second kappa shape index (κ2) is 5.72. The minimum Gasteiger partial charge on any atom is -0.388 e. The summed E-state index contributed by atoms with van der Waals surface area (Å²) in [5.74, 6) is 0. The van der Waals surface area contributed by atoms with Crippen molar-refractivity contribution in [2.75, 3.05) is 20.6 Å². The second-order valence-corrected chi connectivity index (χ2v) is 7.03. The first-order valence-electron chi connectivity index (χ1n) is 7.53. The molecule has 1 heterocycles. The number of aromatic nitrogens is 1. The molecule has 0 radical (unpaired) electrons. The molecule has 0 aliphatic heterocycles. The molecule has 2 N–H and O–H groups in total. The molecule has 5 heteroatoms. The fraction of sp³-hybridized carbons (Fsp3) is 0.688. The second-order valence-electron chi connectivity index (χ2n) is 7.03.